The second-order valence-corrected chi connectivity index (χ2v) is 14.5. The third kappa shape index (κ3) is 10.8. The third-order valence-electron chi connectivity index (χ3n) is 8.67. The molecule has 7 N–H and O–H groups in total. The van der Waals surface area contributed by atoms with Crippen LogP contribution >= 0.6 is 0 Å². The van der Waals surface area contributed by atoms with Crippen molar-refractivity contribution in [2.24, 2.45) is 0 Å². The van der Waals surface area contributed by atoms with E-state index in [1.165, 1.54) is 20.5 Å². The summed E-state index contributed by atoms with van der Waals surface area (Å²) in [7, 11) is 1.87. The highest BCUT2D eigenvalue weighted by molar-refractivity contribution is 7.85. The first-order valence-corrected chi connectivity index (χ1v) is 17.8. The van der Waals surface area contributed by atoms with Crippen LogP contribution in [0.1, 0.15) is 12.0 Å². The summed E-state index contributed by atoms with van der Waals surface area (Å²) in [4.78, 5) is 26.8. The Hall–Kier alpha value is -3.39. The van der Waals surface area contributed by atoms with Crippen LogP contribution in [0.3, 0.4) is 0 Å². The summed E-state index contributed by atoms with van der Waals surface area (Å²) in [6.45, 7) is 0.786. The molecule has 2 aliphatic rings. The van der Waals surface area contributed by atoms with Crippen molar-refractivity contribution in [3.63, 3.8) is 0 Å². The molecule has 0 radical (unpaired) electrons. The minimum Gasteiger partial charge on any atom is -0.387 e. The maximum atomic E-state index is 13.5. The predicted molar refractivity (Wildman–Crippen MR) is 175 cm³/mol. The van der Waals surface area contributed by atoms with Gasteiger partial charge < -0.3 is 59.2 Å². The number of methoxy groups -OCH3 is 2. The number of likely N-dealkylation sites (N-methyl/N-ethyl adjacent to an activating group) is 1. The number of hydrogen-bond acceptors (Lipinski definition) is 17. The molecule has 4 rings (SSSR count). The molecule has 52 heavy (non-hydrogen) atoms. The fourth-order valence-electron chi connectivity index (χ4n) is 5.72. The number of aliphatic hydroxyl groups is 4. The molecule has 22 heteroatoms. The van der Waals surface area contributed by atoms with E-state index in [0.29, 0.717) is 34.5 Å². The van der Waals surface area contributed by atoms with E-state index in [0.717, 1.165) is 0 Å². The average Bonchev–Trinajstić information content (AvgIpc) is 3.10. The van der Waals surface area contributed by atoms with Crippen LogP contribution in [0.2, 0.25) is 0 Å². The normalized spacial score (nSPS) is 29.7. The average molecular weight is 761 g/mol. The zero-order chi connectivity index (χ0) is 38.2. The van der Waals surface area contributed by atoms with Gasteiger partial charge in [0.25, 0.3) is 21.9 Å². The lowest BCUT2D eigenvalue weighted by atomic mass is 9.95. The summed E-state index contributed by atoms with van der Waals surface area (Å²) in [5.41, 5.74) is 1.28. The number of nitrogens with zero attached hydrogens (tertiary/aromatic N) is 5. The number of carbonyl (C=O) groups excluding carboxylic acids is 2. The van der Waals surface area contributed by atoms with Gasteiger partial charge in [0.15, 0.2) is 31.1 Å². The van der Waals surface area contributed by atoms with Crippen LogP contribution in [-0.4, -0.2) is 185 Å². The molecule has 0 spiro atoms. The molecule has 1 aromatic carbocycles. The van der Waals surface area contributed by atoms with Crippen LogP contribution in [0.25, 0.3) is 11.4 Å². The van der Waals surface area contributed by atoms with Gasteiger partial charge in [-0.05, 0) is 5.56 Å². The summed E-state index contributed by atoms with van der Waals surface area (Å²) < 4.78 is 59.0. The van der Waals surface area contributed by atoms with E-state index in [9.17, 15) is 38.4 Å². The molecule has 21 nitrogen and oxygen atoms in total. The Balaban J connectivity index is 1.43. The quantitative estimate of drug-likeness (QED) is 0.0633. The minimum absolute atomic E-state index is 0.0107. The van der Waals surface area contributed by atoms with Gasteiger partial charge in [-0.25, -0.2) is 0 Å². The number of nitrogens with one attached hydrogen (secondary N) is 2. The molecule has 2 fully saturated rings. The Morgan fingerprint density at radius 2 is 1.40 bits per heavy atom. The van der Waals surface area contributed by atoms with Crippen LogP contribution in [0.5, 0.6) is 0 Å². The minimum atomic E-state index is -4.11. The van der Waals surface area contributed by atoms with Gasteiger partial charge in [-0.3, -0.25) is 14.1 Å². The lowest BCUT2D eigenvalue weighted by Gasteiger charge is -2.46. The Labute approximate surface area is 299 Å². The molecule has 0 bridgehead atoms. The van der Waals surface area contributed by atoms with Crippen molar-refractivity contribution in [3.8, 4) is 11.4 Å². The molecule has 2 amide bonds. The molecular formula is C30H46N7O14S+. The number of hydrogen-bond donors (Lipinski definition) is 7. The van der Waals surface area contributed by atoms with Crippen LogP contribution < -0.4 is 10.6 Å². The van der Waals surface area contributed by atoms with Crippen LogP contribution in [0.4, 0.5) is 0 Å². The third-order valence-corrected chi connectivity index (χ3v) is 9.48. The molecule has 4 unspecified atom stereocenters. The topological polar surface area (TPSA) is 291 Å². The highest BCUT2D eigenvalue weighted by Crippen LogP contribution is 2.30. The fourth-order valence-corrected chi connectivity index (χ4v) is 6.22. The first-order valence-electron chi connectivity index (χ1n) is 16.2. The van der Waals surface area contributed by atoms with Crippen LogP contribution in [0, 0.1) is 0 Å². The van der Waals surface area contributed by atoms with Gasteiger partial charge in [-0.2, -0.15) is 8.42 Å². The number of amides is 2. The highest BCUT2D eigenvalue weighted by atomic mass is 32.2. The second kappa shape index (κ2) is 18.1. The van der Waals surface area contributed by atoms with Gasteiger partial charge in [0.1, 0.15) is 36.6 Å². The smallest absolute Gasteiger partial charge is 0.265 e. The molecule has 2 aromatic rings. The first kappa shape index (κ1) is 41.4. The molecule has 0 saturated carbocycles. The Bertz CT molecular complexity index is 1580. The van der Waals surface area contributed by atoms with E-state index in [-0.39, 0.29) is 19.5 Å². The Morgan fingerprint density at radius 3 is 2.02 bits per heavy atom. The van der Waals surface area contributed by atoms with Crippen molar-refractivity contribution in [1.29, 1.82) is 0 Å². The number of benzene rings is 1. The summed E-state index contributed by atoms with van der Waals surface area (Å²) in [6.07, 6.45) is -15.3. The maximum Gasteiger partial charge on any atom is 0.265 e. The van der Waals surface area contributed by atoms with Crippen molar-refractivity contribution in [2.75, 3.05) is 53.7 Å². The lowest BCUT2D eigenvalue weighted by Crippen LogP contribution is -2.67. The van der Waals surface area contributed by atoms with Gasteiger partial charge in [0.05, 0.1) is 39.5 Å². The summed E-state index contributed by atoms with van der Waals surface area (Å²) in [5.74, 6) is -1.66. The fraction of sp³-hybridized carbons (Fsp3) is 0.667. The SMILES string of the molecule is COC1OC(C(=O)NCc2ccc(-c3nncnn3)cc2)[C@@H](OC2OC(C(=O)NCC[N+](C)(C)CCCS(=O)(=O)O)[C@@H](OC)[C@H](O)[C@H]2O)[C@H](O)[C@H]1O. The number of rotatable bonds is 16. The number of aliphatic hydroxyl groups excluding tert-OH is 4. The largest absolute Gasteiger partial charge is 0.387 e. The first-order chi connectivity index (χ1) is 24.5. The van der Waals surface area contributed by atoms with Gasteiger partial charge in [0.2, 0.25) is 5.82 Å². The number of aromatic nitrogens is 4. The molecular weight excluding hydrogens is 714 g/mol. The standard InChI is InChI=1S/C30H45N7O14S/c1-37(2,11-5-13-52(44,45)46)12-10-31-27(42)24-22(47-3)18(38)21(41)30(51-24)49-23-19(39)20(40)29(48-4)50-25(23)28(43)32-14-16-6-8-17(9-7-16)26-35-33-15-34-36-26/h6-9,15,18-25,29-30,38-41H,5,10-14H2,1-4H3,(H2-,31,32,42,43,44,45,46)/p+1/t18-,19-,20-,21-,22+,23+,24?,25?,29?,30?/m1/s1. The van der Waals surface area contributed by atoms with Crippen molar-refractivity contribution in [3.05, 3.63) is 36.2 Å². The van der Waals surface area contributed by atoms with Crippen LogP contribution in [0.15, 0.2) is 30.6 Å². The monoisotopic (exact) mass is 760 g/mol. The molecule has 2 saturated heterocycles. The summed E-state index contributed by atoms with van der Waals surface area (Å²) >= 11 is 0. The van der Waals surface area contributed by atoms with Crippen molar-refractivity contribution in [2.45, 2.75) is 74.4 Å². The number of ether oxygens (including phenoxy) is 5. The Morgan fingerprint density at radius 1 is 0.827 bits per heavy atom. The molecule has 3 heterocycles. The van der Waals surface area contributed by atoms with E-state index in [1.54, 1.807) is 38.4 Å². The summed E-state index contributed by atoms with van der Waals surface area (Å²) in [5, 5.41) is 64.0. The predicted octanol–water partition coefficient (Wildman–Crippen LogP) is -4.04. The van der Waals surface area contributed by atoms with E-state index in [1.807, 2.05) is 0 Å². The van der Waals surface area contributed by atoms with Crippen molar-refractivity contribution >= 4 is 21.9 Å². The molecule has 10 atom stereocenters. The molecule has 2 aliphatic heterocycles. The van der Waals surface area contributed by atoms with Gasteiger partial charge in [0, 0.05) is 32.7 Å². The van der Waals surface area contributed by atoms with E-state index >= 15 is 0 Å². The van der Waals surface area contributed by atoms with E-state index in [2.05, 4.69) is 31.0 Å². The van der Waals surface area contributed by atoms with Gasteiger partial charge >= 0.3 is 0 Å². The van der Waals surface area contributed by atoms with Crippen molar-refractivity contribution < 1.29 is 71.2 Å². The van der Waals surface area contributed by atoms with Crippen LogP contribution in [-0.2, 0) is 49.9 Å². The molecule has 0 aliphatic carbocycles. The second-order valence-electron chi connectivity index (χ2n) is 12.9. The highest BCUT2D eigenvalue weighted by Gasteiger charge is 2.54. The molecule has 1 aromatic heterocycles. The zero-order valence-electron chi connectivity index (χ0n) is 29.0. The molecule has 290 valence electrons. The zero-order valence-corrected chi connectivity index (χ0v) is 29.8. The Kier molecular flexibility index (Phi) is 14.4. The van der Waals surface area contributed by atoms with Gasteiger partial charge in [-0.1, -0.05) is 24.3 Å². The van der Waals surface area contributed by atoms with Gasteiger partial charge in [-0.15, -0.1) is 20.4 Å². The van der Waals surface area contributed by atoms with E-state index < -0.39 is 89.1 Å². The number of quaternary nitrogens is 1. The maximum absolute atomic E-state index is 13.5. The lowest BCUT2D eigenvalue weighted by molar-refractivity contribution is -0.889. The van der Waals surface area contributed by atoms with Crippen molar-refractivity contribution in [1.82, 2.24) is 31.0 Å². The number of carbonyl (C=O) groups is 2. The van der Waals surface area contributed by atoms with E-state index in [4.69, 9.17) is 28.2 Å². The summed E-state index contributed by atoms with van der Waals surface area (Å²) in [6, 6.07) is 6.80.